The van der Waals surface area contributed by atoms with Crippen LogP contribution < -0.4 is 10.6 Å². The summed E-state index contributed by atoms with van der Waals surface area (Å²) in [7, 11) is 0. The molecule has 0 heterocycles. The van der Waals surface area contributed by atoms with Gasteiger partial charge in [0.15, 0.2) is 6.10 Å². The molecule has 2 N–H and O–H groups in total. The van der Waals surface area contributed by atoms with Gasteiger partial charge >= 0.3 is 5.97 Å². The van der Waals surface area contributed by atoms with Crippen molar-refractivity contribution in [1.29, 1.82) is 0 Å². The van der Waals surface area contributed by atoms with Crippen molar-refractivity contribution in [2.24, 2.45) is 29.1 Å². The van der Waals surface area contributed by atoms with E-state index in [1.54, 1.807) is 6.92 Å². The Kier molecular flexibility index (Phi) is 6.69. The molecule has 5 fully saturated rings. The van der Waals surface area contributed by atoms with Crippen molar-refractivity contribution >= 4 is 17.8 Å². The summed E-state index contributed by atoms with van der Waals surface area (Å²) in [6.07, 6.45) is 13.3. The largest absolute Gasteiger partial charge is 0.451 e. The lowest BCUT2D eigenvalue weighted by atomic mass is 9.49. The van der Waals surface area contributed by atoms with Crippen LogP contribution in [0, 0.1) is 29.1 Å². The predicted octanol–water partition coefficient (Wildman–Crippen LogP) is 3.34. The van der Waals surface area contributed by atoms with E-state index >= 15 is 0 Å². The summed E-state index contributed by atoms with van der Waals surface area (Å²) < 4.78 is 5.23. The van der Waals surface area contributed by atoms with Crippen LogP contribution in [0.3, 0.4) is 0 Å². The topological polar surface area (TPSA) is 84.5 Å². The average molecular weight is 419 g/mol. The number of hydrogen-bond acceptors (Lipinski definition) is 4. The van der Waals surface area contributed by atoms with Crippen molar-refractivity contribution in [3.05, 3.63) is 0 Å². The Hall–Kier alpha value is -1.59. The molecule has 1 atom stereocenters. The van der Waals surface area contributed by atoms with Crippen LogP contribution in [0.5, 0.6) is 0 Å². The molecule has 30 heavy (non-hydrogen) atoms. The molecule has 5 aliphatic carbocycles. The third-order valence-corrected chi connectivity index (χ3v) is 8.10. The number of carbonyl (C=O) groups is 3. The highest BCUT2D eigenvalue weighted by Gasteiger charge is 2.51. The van der Waals surface area contributed by atoms with E-state index in [0.29, 0.717) is 18.9 Å². The molecule has 4 bridgehead atoms. The predicted molar refractivity (Wildman–Crippen MR) is 113 cm³/mol. The van der Waals surface area contributed by atoms with E-state index in [-0.39, 0.29) is 23.8 Å². The second kappa shape index (κ2) is 9.27. The van der Waals surface area contributed by atoms with Crippen LogP contribution in [0.1, 0.15) is 84.0 Å². The van der Waals surface area contributed by atoms with Gasteiger partial charge < -0.3 is 15.4 Å². The number of ether oxygens (including phenoxy) is 1. The van der Waals surface area contributed by atoms with Crippen LogP contribution in [0.2, 0.25) is 0 Å². The molecule has 0 saturated heterocycles. The van der Waals surface area contributed by atoms with Gasteiger partial charge in [-0.2, -0.15) is 0 Å². The second-order valence-electron chi connectivity index (χ2n) is 10.8. The first-order valence-electron chi connectivity index (χ1n) is 12.1. The minimum Gasteiger partial charge on any atom is -0.451 e. The first-order valence-corrected chi connectivity index (χ1v) is 12.1. The second-order valence-corrected chi connectivity index (χ2v) is 10.8. The van der Waals surface area contributed by atoms with Crippen molar-refractivity contribution in [2.45, 2.75) is 90.1 Å². The maximum absolute atomic E-state index is 12.5. The molecule has 5 rings (SSSR count). The van der Waals surface area contributed by atoms with Gasteiger partial charge in [0.05, 0.1) is 0 Å². The Bertz CT molecular complexity index is 620. The fraction of sp³-hybridized carbons (Fsp3) is 0.875. The van der Waals surface area contributed by atoms with Gasteiger partial charge in [0.1, 0.15) is 6.54 Å². The highest BCUT2D eigenvalue weighted by molar-refractivity contribution is 5.86. The molecule has 5 saturated carbocycles. The molecule has 6 nitrogen and oxygen atoms in total. The summed E-state index contributed by atoms with van der Waals surface area (Å²) in [5.41, 5.74) is 0.162. The molecule has 5 aliphatic rings. The zero-order valence-electron chi connectivity index (χ0n) is 18.4. The summed E-state index contributed by atoms with van der Waals surface area (Å²) in [5.74, 6) is 2.10. The molecule has 0 aromatic heterocycles. The summed E-state index contributed by atoms with van der Waals surface area (Å²) in [4.78, 5) is 36.8. The SMILES string of the molecule is C[C@H](OC(=O)CNC(=O)CC12CC3CC(CC(C3)C1)C2)C(=O)NCC1CCCCC1. The van der Waals surface area contributed by atoms with Gasteiger partial charge in [-0.15, -0.1) is 0 Å². The summed E-state index contributed by atoms with van der Waals surface area (Å²) in [6, 6.07) is 0. The van der Waals surface area contributed by atoms with Gasteiger partial charge in [0.25, 0.3) is 5.91 Å². The van der Waals surface area contributed by atoms with Crippen LogP contribution in [0.25, 0.3) is 0 Å². The Morgan fingerprint density at radius 2 is 1.53 bits per heavy atom. The number of rotatable bonds is 8. The Morgan fingerprint density at radius 3 is 2.13 bits per heavy atom. The number of nitrogens with one attached hydrogen (secondary N) is 2. The maximum atomic E-state index is 12.5. The Morgan fingerprint density at radius 1 is 0.933 bits per heavy atom. The molecular weight excluding hydrogens is 380 g/mol. The highest BCUT2D eigenvalue weighted by atomic mass is 16.5. The van der Waals surface area contributed by atoms with E-state index in [4.69, 9.17) is 4.74 Å². The quantitative estimate of drug-likeness (QED) is 0.592. The molecule has 2 amide bonds. The van der Waals surface area contributed by atoms with Crippen LogP contribution in [0.15, 0.2) is 0 Å². The third kappa shape index (κ3) is 5.36. The van der Waals surface area contributed by atoms with Gasteiger partial charge in [0.2, 0.25) is 5.91 Å². The van der Waals surface area contributed by atoms with Crippen LogP contribution >= 0.6 is 0 Å². The lowest BCUT2D eigenvalue weighted by Crippen LogP contribution is -2.48. The van der Waals surface area contributed by atoms with Crippen molar-refractivity contribution in [3.63, 3.8) is 0 Å². The molecule has 0 spiro atoms. The average Bonchev–Trinajstić information content (AvgIpc) is 2.70. The number of amides is 2. The number of esters is 1. The summed E-state index contributed by atoms with van der Waals surface area (Å²) in [5, 5.41) is 5.64. The van der Waals surface area contributed by atoms with Crippen molar-refractivity contribution in [2.75, 3.05) is 13.1 Å². The van der Waals surface area contributed by atoms with Gasteiger partial charge in [-0.3, -0.25) is 14.4 Å². The zero-order chi connectivity index (χ0) is 21.1. The van der Waals surface area contributed by atoms with E-state index in [1.807, 2.05) is 0 Å². The smallest absolute Gasteiger partial charge is 0.326 e. The first-order chi connectivity index (χ1) is 14.4. The number of carbonyl (C=O) groups excluding carboxylic acids is 3. The molecular formula is C24H38N2O4. The van der Waals surface area contributed by atoms with Gasteiger partial charge in [-0.25, -0.2) is 0 Å². The summed E-state index contributed by atoms with van der Waals surface area (Å²) >= 11 is 0. The first kappa shape index (κ1) is 21.6. The lowest BCUT2D eigenvalue weighted by Gasteiger charge is -2.56. The minimum atomic E-state index is -0.832. The van der Waals surface area contributed by atoms with Crippen molar-refractivity contribution < 1.29 is 19.1 Å². The highest BCUT2D eigenvalue weighted by Crippen LogP contribution is 2.61. The Labute approximate surface area is 180 Å². The van der Waals surface area contributed by atoms with Gasteiger partial charge in [-0.05, 0) is 87.4 Å². The van der Waals surface area contributed by atoms with E-state index in [1.165, 1.54) is 57.8 Å². The molecule has 0 aliphatic heterocycles. The van der Waals surface area contributed by atoms with Crippen molar-refractivity contribution in [1.82, 2.24) is 10.6 Å². The van der Waals surface area contributed by atoms with E-state index < -0.39 is 12.1 Å². The molecule has 168 valence electrons. The van der Waals surface area contributed by atoms with Crippen molar-refractivity contribution in [3.8, 4) is 0 Å². The monoisotopic (exact) mass is 418 g/mol. The van der Waals surface area contributed by atoms with Crippen LogP contribution in [0.4, 0.5) is 0 Å². The third-order valence-electron chi connectivity index (χ3n) is 8.10. The minimum absolute atomic E-state index is 0.0525. The molecule has 0 aromatic rings. The van der Waals surface area contributed by atoms with E-state index in [9.17, 15) is 14.4 Å². The van der Waals surface area contributed by atoms with Gasteiger partial charge in [0, 0.05) is 13.0 Å². The maximum Gasteiger partial charge on any atom is 0.326 e. The standard InChI is InChI=1S/C24H38N2O4/c1-16(23(29)26-14-17-5-3-2-4-6-17)30-22(28)15-25-21(27)13-24-10-18-7-19(11-24)9-20(8-18)12-24/h16-20H,2-15H2,1H3,(H,25,27)(H,26,29)/t16-,18?,19?,20?,24?/m0/s1. The van der Waals surface area contributed by atoms with E-state index in [2.05, 4.69) is 10.6 Å². The fourth-order valence-corrected chi connectivity index (χ4v) is 7.15. The van der Waals surface area contributed by atoms with E-state index in [0.717, 1.165) is 30.6 Å². The Balaban J connectivity index is 1.14. The van der Waals surface area contributed by atoms with Crippen LogP contribution in [-0.2, 0) is 19.1 Å². The summed E-state index contributed by atoms with van der Waals surface area (Å²) in [6.45, 7) is 2.08. The van der Waals surface area contributed by atoms with Crippen LogP contribution in [-0.4, -0.2) is 37.0 Å². The normalized spacial score (nSPS) is 33.7. The zero-order valence-corrected chi connectivity index (χ0v) is 18.4. The molecule has 0 aromatic carbocycles. The molecule has 0 radical (unpaired) electrons. The van der Waals surface area contributed by atoms with Gasteiger partial charge in [-0.1, -0.05) is 19.3 Å². The number of hydrogen-bond donors (Lipinski definition) is 2. The molecule has 6 heteroatoms. The lowest BCUT2D eigenvalue weighted by molar-refractivity contribution is -0.154. The fourth-order valence-electron chi connectivity index (χ4n) is 7.15. The molecule has 0 unspecified atom stereocenters.